The van der Waals surface area contributed by atoms with E-state index in [1.54, 1.807) is 18.2 Å². The third kappa shape index (κ3) is 3.48. The summed E-state index contributed by atoms with van der Waals surface area (Å²) in [6.45, 7) is 4.25. The van der Waals surface area contributed by atoms with E-state index in [-0.39, 0.29) is 16.1 Å². The molecule has 0 saturated heterocycles. The molecule has 0 fully saturated rings. The van der Waals surface area contributed by atoms with Crippen molar-refractivity contribution in [1.29, 1.82) is 0 Å². The molecule has 2 aromatic rings. The van der Waals surface area contributed by atoms with Crippen LogP contribution in [0.25, 0.3) is 11.1 Å². The fourth-order valence-corrected chi connectivity index (χ4v) is 3.76. The number of benzene rings is 1. The van der Waals surface area contributed by atoms with E-state index >= 15 is 0 Å². The number of allylic oxidation sites excluding steroid dienone is 4. The lowest BCUT2D eigenvalue weighted by Gasteiger charge is -2.20. The zero-order chi connectivity index (χ0) is 18.9. The number of hydrogen-bond acceptors (Lipinski definition) is 3. The fourth-order valence-electron chi connectivity index (χ4n) is 3.24. The van der Waals surface area contributed by atoms with Gasteiger partial charge in [0, 0.05) is 11.0 Å². The van der Waals surface area contributed by atoms with Crippen LogP contribution in [0.15, 0.2) is 59.6 Å². The van der Waals surface area contributed by atoms with Crippen molar-refractivity contribution in [3.8, 4) is 0 Å². The largest absolute Gasteiger partial charge is 0.253 e. The molecule has 0 spiro atoms. The summed E-state index contributed by atoms with van der Waals surface area (Å²) in [7, 11) is -3.73. The number of nitrogens with zero attached hydrogens (tertiary/aromatic N) is 1. The molecule has 1 heterocycles. The van der Waals surface area contributed by atoms with Crippen LogP contribution < -0.4 is 5.14 Å². The molecule has 1 aliphatic carbocycles. The molecule has 0 saturated carbocycles. The standard InChI is InChI=1S/C20H21FN2O2S/c1-3-20(4-2)11-17(14-5-8-16(9-6-14)26(22,24)25)18(12-20)19-10-7-15(21)13-23-19/h5-13H,3-4H2,1-2H3,(H2,22,24,25). The fraction of sp³-hybridized carbons (Fsp3) is 0.250. The highest BCUT2D eigenvalue weighted by Gasteiger charge is 2.31. The average Bonchev–Trinajstić information content (AvgIpc) is 3.02. The molecular formula is C20H21FN2O2S. The Kier molecular flexibility index (Phi) is 4.82. The van der Waals surface area contributed by atoms with E-state index in [2.05, 4.69) is 31.0 Å². The summed E-state index contributed by atoms with van der Waals surface area (Å²) >= 11 is 0. The topological polar surface area (TPSA) is 73.1 Å². The van der Waals surface area contributed by atoms with Crippen LogP contribution in [-0.4, -0.2) is 13.4 Å². The van der Waals surface area contributed by atoms with Gasteiger partial charge in [-0.1, -0.05) is 38.1 Å². The van der Waals surface area contributed by atoms with Crippen molar-refractivity contribution >= 4 is 21.2 Å². The second-order valence-electron chi connectivity index (χ2n) is 6.49. The number of halogens is 1. The van der Waals surface area contributed by atoms with Crippen LogP contribution in [0.1, 0.15) is 37.9 Å². The van der Waals surface area contributed by atoms with Gasteiger partial charge in [0.15, 0.2) is 0 Å². The molecule has 136 valence electrons. The van der Waals surface area contributed by atoms with Gasteiger partial charge in [0.25, 0.3) is 0 Å². The minimum atomic E-state index is -3.73. The van der Waals surface area contributed by atoms with Gasteiger partial charge in [0.1, 0.15) is 5.82 Å². The van der Waals surface area contributed by atoms with Crippen molar-refractivity contribution in [2.75, 3.05) is 0 Å². The van der Waals surface area contributed by atoms with Crippen LogP contribution in [0.5, 0.6) is 0 Å². The van der Waals surface area contributed by atoms with Gasteiger partial charge >= 0.3 is 0 Å². The average molecular weight is 372 g/mol. The highest BCUT2D eigenvalue weighted by atomic mass is 32.2. The molecule has 2 N–H and O–H groups in total. The van der Waals surface area contributed by atoms with Crippen molar-refractivity contribution in [2.45, 2.75) is 31.6 Å². The molecule has 0 bridgehead atoms. The molecule has 0 aliphatic heterocycles. The Hall–Kier alpha value is -2.31. The molecule has 1 aromatic carbocycles. The van der Waals surface area contributed by atoms with E-state index in [1.165, 1.54) is 24.4 Å². The maximum atomic E-state index is 13.3. The van der Waals surface area contributed by atoms with Crippen LogP contribution >= 0.6 is 0 Å². The number of rotatable bonds is 5. The summed E-state index contributed by atoms with van der Waals surface area (Å²) in [4.78, 5) is 4.30. The van der Waals surface area contributed by atoms with E-state index < -0.39 is 10.0 Å². The predicted octanol–water partition coefficient (Wildman–Crippen LogP) is 4.16. The number of primary sulfonamides is 1. The van der Waals surface area contributed by atoms with E-state index in [0.717, 1.165) is 29.6 Å². The summed E-state index contributed by atoms with van der Waals surface area (Å²) in [5.41, 5.74) is 3.36. The Bertz CT molecular complexity index is 971. The lowest BCUT2D eigenvalue weighted by molar-refractivity contribution is 0.464. The number of aromatic nitrogens is 1. The summed E-state index contributed by atoms with van der Waals surface area (Å²) < 4.78 is 36.2. The first-order valence-corrected chi connectivity index (χ1v) is 10.0. The molecule has 4 nitrogen and oxygen atoms in total. The van der Waals surface area contributed by atoms with Gasteiger partial charge in [-0.15, -0.1) is 0 Å². The summed E-state index contributed by atoms with van der Waals surface area (Å²) in [5, 5.41) is 5.18. The molecule has 0 amide bonds. The highest BCUT2D eigenvalue weighted by molar-refractivity contribution is 7.89. The summed E-state index contributed by atoms with van der Waals surface area (Å²) in [6.07, 6.45) is 7.42. The van der Waals surface area contributed by atoms with Crippen molar-refractivity contribution < 1.29 is 12.8 Å². The van der Waals surface area contributed by atoms with Crippen molar-refractivity contribution in [2.24, 2.45) is 10.6 Å². The number of hydrogen-bond donors (Lipinski definition) is 1. The van der Waals surface area contributed by atoms with E-state index in [9.17, 15) is 12.8 Å². The van der Waals surface area contributed by atoms with Gasteiger partial charge in [-0.05, 0) is 48.2 Å². The molecular weight excluding hydrogens is 351 g/mol. The first-order chi connectivity index (χ1) is 12.3. The third-order valence-corrected chi connectivity index (χ3v) is 5.90. The Balaban J connectivity index is 2.10. The first-order valence-electron chi connectivity index (χ1n) is 8.49. The molecule has 6 heteroatoms. The summed E-state index contributed by atoms with van der Waals surface area (Å²) in [6, 6.07) is 9.53. The van der Waals surface area contributed by atoms with Crippen LogP contribution in [0, 0.1) is 11.2 Å². The van der Waals surface area contributed by atoms with Crippen LogP contribution in [0.2, 0.25) is 0 Å². The van der Waals surface area contributed by atoms with Crippen LogP contribution in [0.3, 0.4) is 0 Å². The monoisotopic (exact) mass is 372 g/mol. The zero-order valence-corrected chi connectivity index (χ0v) is 15.6. The highest BCUT2D eigenvalue weighted by Crippen LogP contribution is 2.47. The van der Waals surface area contributed by atoms with Crippen molar-refractivity contribution in [3.05, 3.63) is 71.8 Å². The lowest BCUT2D eigenvalue weighted by atomic mass is 9.84. The molecule has 3 rings (SSSR count). The lowest BCUT2D eigenvalue weighted by Crippen LogP contribution is -2.11. The van der Waals surface area contributed by atoms with E-state index in [4.69, 9.17) is 5.14 Å². The Morgan fingerprint density at radius 2 is 1.62 bits per heavy atom. The SMILES string of the molecule is CCC1(CC)C=C(c2ccc(S(N)(=O)=O)cc2)C(c2ccc(F)cn2)=C1. The van der Waals surface area contributed by atoms with Crippen LogP contribution in [-0.2, 0) is 10.0 Å². The van der Waals surface area contributed by atoms with Crippen molar-refractivity contribution in [3.63, 3.8) is 0 Å². The predicted molar refractivity (Wildman–Crippen MR) is 101 cm³/mol. The van der Waals surface area contributed by atoms with Gasteiger partial charge in [-0.2, -0.15) is 0 Å². The Morgan fingerprint density at radius 3 is 2.12 bits per heavy atom. The van der Waals surface area contributed by atoms with Crippen LogP contribution in [0.4, 0.5) is 4.39 Å². The zero-order valence-electron chi connectivity index (χ0n) is 14.7. The molecule has 0 unspecified atom stereocenters. The third-order valence-electron chi connectivity index (χ3n) is 4.97. The molecule has 0 radical (unpaired) electrons. The van der Waals surface area contributed by atoms with Gasteiger partial charge in [-0.3, -0.25) is 4.98 Å². The second-order valence-corrected chi connectivity index (χ2v) is 8.05. The molecule has 1 aliphatic rings. The number of nitrogens with two attached hydrogens (primary N) is 1. The quantitative estimate of drug-likeness (QED) is 0.857. The molecule has 0 atom stereocenters. The Labute approximate surface area is 153 Å². The molecule has 1 aromatic heterocycles. The Morgan fingerprint density at radius 1 is 1.00 bits per heavy atom. The number of sulfonamides is 1. The molecule has 26 heavy (non-hydrogen) atoms. The van der Waals surface area contributed by atoms with E-state index in [1.807, 2.05) is 0 Å². The maximum Gasteiger partial charge on any atom is 0.238 e. The first kappa shape index (κ1) is 18.5. The van der Waals surface area contributed by atoms with E-state index in [0.29, 0.717) is 5.69 Å². The van der Waals surface area contributed by atoms with Crippen molar-refractivity contribution in [1.82, 2.24) is 4.98 Å². The minimum absolute atomic E-state index is 0.0718. The van der Waals surface area contributed by atoms with Gasteiger partial charge in [0.05, 0.1) is 16.8 Å². The normalized spacial score (nSPS) is 16.3. The van der Waals surface area contributed by atoms with Gasteiger partial charge < -0.3 is 0 Å². The maximum absolute atomic E-state index is 13.3. The number of pyridine rings is 1. The smallest absolute Gasteiger partial charge is 0.238 e. The second kappa shape index (κ2) is 6.78. The van der Waals surface area contributed by atoms with Gasteiger partial charge in [-0.25, -0.2) is 17.9 Å². The minimum Gasteiger partial charge on any atom is -0.253 e. The van der Waals surface area contributed by atoms with Gasteiger partial charge in [0.2, 0.25) is 10.0 Å². The summed E-state index contributed by atoms with van der Waals surface area (Å²) in [5.74, 6) is -0.382.